The number of rotatable bonds is 1. The third-order valence-electron chi connectivity index (χ3n) is 5.36. The second-order valence-electron chi connectivity index (χ2n) is 6.81. The summed E-state index contributed by atoms with van der Waals surface area (Å²) in [4.78, 5) is 18.6. The van der Waals surface area contributed by atoms with Gasteiger partial charge < -0.3 is 9.88 Å². The zero-order valence-corrected chi connectivity index (χ0v) is 13.1. The second kappa shape index (κ2) is 5.79. The van der Waals surface area contributed by atoms with Crippen molar-refractivity contribution >= 4 is 16.8 Å². The molecule has 1 amide bonds. The van der Waals surface area contributed by atoms with E-state index in [9.17, 15) is 4.79 Å². The van der Waals surface area contributed by atoms with Crippen molar-refractivity contribution in [1.82, 2.24) is 9.88 Å². The van der Waals surface area contributed by atoms with Gasteiger partial charge in [-0.2, -0.15) is 0 Å². The number of hydrogen-bond donors (Lipinski definition) is 1. The number of para-hydroxylation sites is 1. The van der Waals surface area contributed by atoms with E-state index in [4.69, 9.17) is 0 Å². The third-order valence-corrected chi connectivity index (χ3v) is 5.36. The number of fused-ring (bicyclic) bond motifs is 3. The number of carbonyl (C=O) groups excluding carboxylic acids is 1. The summed E-state index contributed by atoms with van der Waals surface area (Å²) in [7, 11) is 0. The Balaban J connectivity index is 1.57. The van der Waals surface area contributed by atoms with E-state index in [1.165, 1.54) is 47.8 Å². The molecule has 2 aromatic rings. The van der Waals surface area contributed by atoms with Crippen LogP contribution in [0.3, 0.4) is 0 Å². The quantitative estimate of drug-likeness (QED) is 0.856. The lowest BCUT2D eigenvalue weighted by molar-refractivity contribution is -0.135. The zero-order chi connectivity index (χ0) is 14.9. The maximum Gasteiger partial charge on any atom is 0.226 e. The predicted molar refractivity (Wildman–Crippen MR) is 88.9 cm³/mol. The highest BCUT2D eigenvalue weighted by Gasteiger charge is 2.30. The van der Waals surface area contributed by atoms with Gasteiger partial charge in [0.25, 0.3) is 0 Å². The molecule has 1 fully saturated rings. The van der Waals surface area contributed by atoms with E-state index in [0.29, 0.717) is 5.91 Å². The van der Waals surface area contributed by atoms with Crippen molar-refractivity contribution in [3.05, 3.63) is 35.5 Å². The average Bonchev–Trinajstić information content (AvgIpc) is 2.73. The summed E-state index contributed by atoms with van der Waals surface area (Å²) in [5.41, 5.74) is 3.95. The Hall–Kier alpha value is -1.77. The Labute approximate surface area is 131 Å². The molecule has 0 bridgehead atoms. The van der Waals surface area contributed by atoms with Gasteiger partial charge in [-0.25, -0.2) is 0 Å². The number of benzene rings is 1. The maximum absolute atomic E-state index is 12.9. The smallest absolute Gasteiger partial charge is 0.226 e. The fraction of sp³-hybridized carbons (Fsp3) is 0.526. The zero-order valence-electron chi connectivity index (χ0n) is 13.1. The molecule has 1 atom stereocenters. The molecule has 0 radical (unpaired) electrons. The Kier molecular flexibility index (Phi) is 3.65. The molecule has 1 aliphatic heterocycles. The molecule has 3 nitrogen and oxygen atoms in total. The van der Waals surface area contributed by atoms with Gasteiger partial charge in [-0.1, -0.05) is 31.0 Å². The number of hydrogen-bond acceptors (Lipinski definition) is 1. The molecule has 1 aromatic heterocycles. The number of amides is 1. The number of nitrogens with one attached hydrogen (secondary N) is 1. The lowest BCUT2D eigenvalue weighted by Gasteiger charge is -2.28. The lowest BCUT2D eigenvalue weighted by Crippen LogP contribution is -2.38. The van der Waals surface area contributed by atoms with E-state index in [0.717, 1.165) is 32.4 Å². The Morgan fingerprint density at radius 3 is 2.68 bits per heavy atom. The third kappa shape index (κ3) is 2.43. The monoisotopic (exact) mass is 296 g/mol. The van der Waals surface area contributed by atoms with Crippen LogP contribution in [0.5, 0.6) is 0 Å². The molecular weight excluding hydrogens is 272 g/mol. The highest BCUT2D eigenvalue weighted by Crippen LogP contribution is 2.32. The van der Waals surface area contributed by atoms with Gasteiger partial charge in [0, 0.05) is 35.6 Å². The van der Waals surface area contributed by atoms with Crippen LogP contribution in [0.15, 0.2) is 24.3 Å². The van der Waals surface area contributed by atoms with Gasteiger partial charge >= 0.3 is 0 Å². The topological polar surface area (TPSA) is 36.1 Å². The van der Waals surface area contributed by atoms with Crippen LogP contribution in [0.2, 0.25) is 0 Å². The number of H-pyrrole nitrogens is 1. The first-order valence-corrected chi connectivity index (χ1v) is 8.70. The number of aromatic amines is 1. The second-order valence-corrected chi connectivity index (χ2v) is 6.81. The summed E-state index contributed by atoms with van der Waals surface area (Å²) in [6.45, 7) is 1.94. The SMILES string of the molecule is O=C(C1CCc2[nH]c3ccccc3c2C1)N1CCCCCC1. The van der Waals surface area contributed by atoms with Gasteiger partial charge in [-0.3, -0.25) is 4.79 Å². The molecule has 22 heavy (non-hydrogen) atoms. The number of aromatic nitrogens is 1. The molecule has 0 spiro atoms. The van der Waals surface area contributed by atoms with Crippen LogP contribution in [-0.2, 0) is 17.6 Å². The number of aryl methyl sites for hydroxylation is 1. The lowest BCUT2D eigenvalue weighted by atomic mass is 9.85. The molecule has 1 saturated heterocycles. The van der Waals surface area contributed by atoms with Crippen LogP contribution in [0.25, 0.3) is 10.9 Å². The molecule has 116 valence electrons. The number of likely N-dealkylation sites (tertiary alicyclic amines) is 1. The van der Waals surface area contributed by atoms with Crippen molar-refractivity contribution in [1.29, 1.82) is 0 Å². The van der Waals surface area contributed by atoms with Crippen LogP contribution in [-0.4, -0.2) is 28.9 Å². The van der Waals surface area contributed by atoms with Crippen LogP contribution in [0.4, 0.5) is 0 Å². The van der Waals surface area contributed by atoms with E-state index in [1.54, 1.807) is 0 Å². The van der Waals surface area contributed by atoms with Crippen molar-refractivity contribution < 1.29 is 4.79 Å². The first kappa shape index (κ1) is 13.9. The summed E-state index contributed by atoms with van der Waals surface area (Å²) >= 11 is 0. The standard InChI is InChI=1S/C19H24N2O/c22-19(21-11-5-1-2-6-12-21)14-9-10-18-16(13-14)15-7-3-4-8-17(15)20-18/h3-4,7-8,14,20H,1-2,5-6,9-13H2. The van der Waals surface area contributed by atoms with E-state index in [-0.39, 0.29) is 5.92 Å². The van der Waals surface area contributed by atoms with Gasteiger partial charge in [-0.05, 0) is 43.7 Å². The minimum Gasteiger partial charge on any atom is -0.358 e. The minimum absolute atomic E-state index is 0.185. The molecular formula is C19H24N2O. The molecule has 3 heteroatoms. The molecule has 4 rings (SSSR count). The van der Waals surface area contributed by atoms with Gasteiger partial charge in [0.15, 0.2) is 0 Å². The van der Waals surface area contributed by atoms with Gasteiger partial charge in [0.05, 0.1) is 0 Å². The van der Waals surface area contributed by atoms with E-state index < -0.39 is 0 Å². The molecule has 0 saturated carbocycles. The predicted octanol–water partition coefficient (Wildman–Crippen LogP) is 3.68. The van der Waals surface area contributed by atoms with Crippen molar-refractivity contribution in [2.45, 2.75) is 44.9 Å². The fourth-order valence-corrected chi connectivity index (χ4v) is 4.13. The summed E-state index contributed by atoms with van der Waals surface area (Å²) in [6, 6.07) is 8.49. The molecule has 1 unspecified atom stereocenters. The summed E-state index contributed by atoms with van der Waals surface area (Å²) in [6.07, 6.45) is 7.83. The number of carbonyl (C=O) groups is 1. The van der Waals surface area contributed by atoms with Crippen LogP contribution < -0.4 is 0 Å². The highest BCUT2D eigenvalue weighted by atomic mass is 16.2. The summed E-state index contributed by atoms with van der Waals surface area (Å²) < 4.78 is 0. The molecule has 1 N–H and O–H groups in total. The average molecular weight is 296 g/mol. The first-order chi connectivity index (χ1) is 10.8. The molecule has 1 aliphatic carbocycles. The van der Waals surface area contributed by atoms with E-state index in [2.05, 4.69) is 34.1 Å². The Bertz CT molecular complexity index is 680. The highest BCUT2D eigenvalue weighted by molar-refractivity contribution is 5.87. The summed E-state index contributed by atoms with van der Waals surface area (Å²) in [5, 5.41) is 1.31. The fourth-order valence-electron chi connectivity index (χ4n) is 4.13. The minimum atomic E-state index is 0.185. The first-order valence-electron chi connectivity index (χ1n) is 8.70. The van der Waals surface area contributed by atoms with Crippen LogP contribution in [0.1, 0.15) is 43.4 Å². The molecule has 2 aliphatic rings. The Morgan fingerprint density at radius 1 is 1.09 bits per heavy atom. The van der Waals surface area contributed by atoms with Gasteiger partial charge in [0.2, 0.25) is 5.91 Å². The number of nitrogens with zero attached hydrogens (tertiary/aromatic N) is 1. The van der Waals surface area contributed by atoms with Gasteiger partial charge in [-0.15, -0.1) is 0 Å². The van der Waals surface area contributed by atoms with Crippen LogP contribution >= 0.6 is 0 Å². The largest absolute Gasteiger partial charge is 0.358 e. The maximum atomic E-state index is 12.9. The Morgan fingerprint density at radius 2 is 1.86 bits per heavy atom. The van der Waals surface area contributed by atoms with Crippen molar-refractivity contribution in [3.8, 4) is 0 Å². The van der Waals surface area contributed by atoms with E-state index in [1.807, 2.05) is 0 Å². The van der Waals surface area contributed by atoms with Crippen molar-refractivity contribution in [2.24, 2.45) is 5.92 Å². The van der Waals surface area contributed by atoms with Crippen LogP contribution in [0, 0.1) is 5.92 Å². The van der Waals surface area contributed by atoms with Crippen molar-refractivity contribution in [3.63, 3.8) is 0 Å². The van der Waals surface area contributed by atoms with Gasteiger partial charge in [0.1, 0.15) is 0 Å². The van der Waals surface area contributed by atoms with Crippen molar-refractivity contribution in [2.75, 3.05) is 13.1 Å². The molecule has 1 aromatic carbocycles. The molecule has 2 heterocycles. The normalized spacial score (nSPS) is 22.4. The summed E-state index contributed by atoms with van der Waals surface area (Å²) in [5.74, 6) is 0.586. The van der Waals surface area contributed by atoms with E-state index >= 15 is 0 Å².